The Morgan fingerprint density at radius 3 is 2.78 bits per heavy atom. The number of H-pyrrole nitrogens is 1. The topological polar surface area (TPSA) is 111 Å². The summed E-state index contributed by atoms with van der Waals surface area (Å²) < 4.78 is 5.04. The zero-order valence-electron chi connectivity index (χ0n) is 12.5. The molecule has 0 aliphatic rings. The van der Waals surface area contributed by atoms with Gasteiger partial charge in [0.2, 0.25) is 5.75 Å². The number of fused-ring (bicyclic) bond motifs is 1. The van der Waals surface area contributed by atoms with Gasteiger partial charge in [-0.1, -0.05) is 0 Å². The number of hydrogen-bond donors (Lipinski definition) is 5. The summed E-state index contributed by atoms with van der Waals surface area (Å²) >= 11 is 0. The summed E-state index contributed by atoms with van der Waals surface area (Å²) in [4.78, 5) is 7.63. The predicted octanol–water partition coefficient (Wildman–Crippen LogP) is 2.05. The van der Waals surface area contributed by atoms with Crippen LogP contribution in [0.2, 0.25) is 0 Å². The molecule has 0 aliphatic heterocycles. The highest BCUT2D eigenvalue weighted by atomic mass is 16.5. The second-order valence-electron chi connectivity index (χ2n) is 5.01. The number of phenolic OH excluding ortho intramolecular Hbond substituents is 2. The first-order chi connectivity index (χ1) is 11.1. The number of aliphatic hydroxyl groups is 1. The van der Waals surface area contributed by atoms with Crippen LogP contribution in [0.15, 0.2) is 30.3 Å². The zero-order chi connectivity index (χ0) is 16.4. The minimum Gasteiger partial charge on any atom is -0.504 e. The summed E-state index contributed by atoms with van der Waals surface area (Å²) in [6.45, 7) is 0.522. The molecular weight excluding hydrogens is 298 g/mol. The Labute approximate surface area is 132 Å². The van der Waals surface area contributed by atoms with Crippen molar-refractivity contribution < 1.29 is 20.1 Å². The molecule has 0 radical (unpaired) electrons. The minimum atomic E-state index is -0.303. The van der Waals surface area contributed by atoms with Gasteiger partial charge >= 0.3 is 0 Å². The third-order valence-corrected chi connectivity index (χ3v) is 3.47. The van der Waals surface area contributed by atoms with E-state index in [0.29, 0.717) is 17.9 Å². The van der Waals surface area contributed by atoms with Gasteiger partial charge in [0.15, 0.2) is 11.5 Å². The van der Waals surface area contributed by atoms with Gasteiger partial charge in [-0.05, 0) is 30.3 Å². The first-order valence-corrected chi connectivity index (χ1v) is 7.07. The molecule has 23 heavy (non-hydrogen) atoms. The van der Waals surface area contributed by atoms with Gasteiger partial charge in [-0.2, -0.15) is 0 Å². The molecule has 0 amide bonds. The molecular formula is C16H17N3O4. The monoisotopic (exact) mass is 315 g/mol. The molecule has 3 aromatic rings. The smallest absolute Gasteiger partial charge is 0.200 e. The van der Waals surface area contributed by atoms with Crippen molar-refractivity contribution in [1.29, 1.82) is 0 Å². The number of methoxy groups -OCH3 is 1. The van der Waals surface area contributed by atoms with Crippen LogP contribution in [0.4, 0.5) is 5.69 Å². The molecule has 7 nitrogen and oxygen atoms in total. The summed E-state index contributed by atoms with van der Waals surface area (Å²) in [5, 5.41) is 31.4. The number of hydrogen-bond acceptors (Lipinski definition) is 6. The highest BCUT2D eigenvalue weighted by molar-refractivity contribution is 5.83. The van der Waals surface area contributed by atoms with Gasteiger partial charge in [-0.15, -0.1) is 0 Å². The molecule has 120 valence electrons. The summed E-state index contributed by atoms with van der Waals surface area (Å²) in [6.07, 6.45) is 0. The highest BCUT2D eigenvalue weighted by Gasteiger charge is 2.13. The summed E-state index contributed by atoms with van der Waals surface area (Å²) in [5.41, 5.74) is 3.04. The van der Waals surface area contributed by atoms with Crippen molar-refractivity contribution in [3.8, 4) is 28.6 Å². The highest BCUT2D eigenvalue weighted by Crippen LogP contribution is 2.39. The number of nitrogens with zero attached hydrogens (tertiary/aromatic N) is 1. The van der Waals surface area contributed by atoms with Gasteiger partial charge in [0.05, 0.1) is 24.8 Å². The lowest BCUT2D eigenvalue weighted by Crippen LogP contribution is -2.04. The lowest BCUT2D eigenvalue weighted by Gasteiger charge is -2.07. The molecule has 0 spiro atoms. The fourth-order valence-electron chi connectivity index (χ4n) is 2.34. The predicted molar refractivity (Wildman–Crippen MR) is 87.0 cm³/mol. The average Bonchev–Trinajstić information content (AvgIpc) is 2.98. The van der Waals surface area contributed by atoms with Gasteiger partial charge in [-0.25, -0.2) is 4.98 Å². The molecule has 0 bridgehead atoms. The van der Waals surface area contributed by atoms with Crippen LogP contribution in [-0.4, -0.2) is 45.5 Å². The molecule has 0 aliphatic carbocycles. The van der Waals surface area contributed by atoms with E-state index in [2.05, 4.69) is 15.3 Å². The Hall–Kier alpha value is -2.93. The molecule has 7 heteroatoms. The molecule has 3 rings (SSSR count). The molecule has 0 saturated carbocycles. The molecule has 0 fully saturated rings. The first-order valence-electron chi connectivity index (χ1n) is 7.07. The number of benzene rings is 2. The Morgan fingerprint density at radius 1 is 1.22 bits per heavy atom. The van der Waals surface area contributed by atoms with Crippen LogP contribution >= 0.6 is 0 Å². The lowest BCUT2D eigenvalue weighted by atomic mass is 10.1. The summed E-state index contributed by atoms with van der Waals surface area (Å²) in [7, 11) is 1.41. The molecule has 0 unspecified atom stereocenters. The number of rotatable bonds is 5. The van der Waals surface area contributed by atoms with Crippen LogP contribution in [0.25, 0.3) is 22.4 Å². The van der Waals surface area contributed by atoms with Gasteiger partial charge in [-0.3, -0.25) is 0 Å². The fourth-order valence-corrected chi connectivity index (χ4v) is 2.34. The van der Waals surface area contributed by atoms with Crippen molar-refractivity contribution in [2.75, 3.05) is 25.6 Å². The minimum absolute atomic E-state index is 0.0544. The van der Waals surface area contributed by atoms with Gasteiger partial charge < -0.3 is 30.4 Å². The van der Waals surface area contributed by atoms with E-state index in [1.807, 2.05) is 18.2 Å². The van der Waals surface area contributed by atoms with Crippen LogP contribution in [-0.2, 0) is 0 Å². The van der Waals surface area contributed by atoms with E-state index in [1.165, 1.54) is 13.2 Å². The van der Waals surface area contributed by atoms with Crippen LogP contribution in [0.3, 0.4) is 0 Å². The van der Waals surface area contributed by atoms with Gasteiger partial charge in [0.1, 0.15) is 5.82 Å². The maximum absolute atomic E-state index is 9.78. The SMILES string of the molecule is COc1cc(-c2nc3ccc(NCCO)cc3[nH]2)cc(O)c1O. The van der Waals surface area contributed by atoms with Crippen LogP contribution in [0.5, 0.6) is 17.2 Å². The second-order valence-corrected chi connectivity index (χ2v) is 5.01. The van der Waals surface area contributed by atoms with E-state index in [-0.39, 0.29) is 23.9 Å². The first kappa shape index (κ1) is 15.0. The molecule has 2 aromatic carbocycles. The van der Waals surface area contributed by atoms with E-state index in [0.717, 1.165) is 16.7 Å². The van der Waals surface area contributed by atoms with E-state index in [9.17, 15) is 10.2 Å². The normalized spacial score (nSPS) is 10.9. The number of phenols is 2. The fraction of sp³-hybridized carbons (Fsp3) is 0.188. The van der Waals surface area contributed by atoms with E-state index in [4.69, 9.17) is 9.84 Å². The van der Waals surface area contributed by atoms with Crippen molar-refractivity contribution in [3.05, 3.63) is 30.3 Å². The Balaban J connectivity index is 2.02. The largest absolute Gasteiger partial charge is 0.504 e. The lowest BCUT2D eigenvalue weighted by molar-refractivity contribution is 0.311. The van der Waals surface area contributed by atoms with E-state index >= 15 is 0 Å². The third-order valence-electron chi connectivity index (χ3n) is 3.47. The van der Waals surface area contributed by atoms with Crippen LogP contribution < -0.4 is 10.1 Å². The Morgan fingerprint density at radius 2 is 2.04 bits per heavy atom. The third kappa shape index (κ3) is 2.86. The number of aromatic amines is 1. The Kier molecular flexibility index (Phi) is 3.94. The van der Waals surface area contributed by atoms with Crippen LogP contribution in [0, 0.1) is 0 Å². The number of nitrogens with one attached hydrogen (secondary N) is 2. The molecule has 0 saturated heterocycles. The molecule has 5 N–H and O–H groups in total. The van der Waals surface area contributed by atoms with Crippen molar-refractivity contribution in [1.82, 2.24) is 9.97 Å². The second kappa shape index (κ2) is 6.05. The van der Waals surface area contributed by atoms with Gasteiger partial charge in [0, 0.05) is 17.8 Å². The number of aromatic hydroxyl groups is 2. The van der Waals surface area contributed by atoms with E-state index < -0.39 is 0 Å². The van der Waals surface area contributed by atoms with Crippen molar-refractivity contribution in [3.63, 3.8) is 0 Å². The summed E-state index contributed by atoms with van der Waals surface area (Å²) in [5.74, 6) is 0.145. The number of imidazole rings is 1. The van der Waals surface area contributed by atoms with Gasteiger partial charge in [0.25, 0.3) is 0 Å². The quantitative estimate of drug-likeness (QED) is 0.461. The zero-order valence-corrected chi connectivity index (χ0v) is 12.5. The molecule has 1 heterocycles. The van der Waals surface area contributed by atoms with E-state index in [1.54, 1.807) is 6.07 Å². The van der Waals surface area contributed by atoms with Crippen molar-refractivity contribution in [2.24, 2.45) is 0 Å². The molecule has 0 atom stereocenters. The van der Waals surface area contributed by atoms with Crippen molar-refractivity contribution in [2.45, 2.75) is 0 Å². The molecule has 1 aromatic heterocycles. The number of aromatic nitrogens is 2. The number of ether oxygens (including phenoxy) is 1. The maximum Gasteiger partial charge on any atom is 0.200 e. The number of anilines is 1. The maximum atomic E-state index is 9.78. The number of aliphatic hydroxyl groups excluding tert-OH is 1. The summed E-state index contributed by atoms with van der Waals surface area (Å²) in [6, 6.07) is 8.63. The average molecular weight is 315 g/mol. The van der Waals surface area contributed by atoms with Crippen molar-refractivity contribution >= 4 is 16.7 Å². The Bertz CT molecular complexity index is 845. The standard InChI is InChI=1S/C16H17N3O4/c1-23-14-7-9(6-13(21)15(14)22)16-18-11-3-2-10(17-4-5-20)8-12(11)19-16/h2-3,6-8,17,20-22H,4-5H2,1H3,(H,18,19). The van der Waals surface area contributed by atoms with Crippen LogP contribution in [0.1, 0.15) is 0 Å².